The van der Waals surface area contributed by atoms with E-state index < -0.39 is 0 Å². The Morgan fingerprint density at radius 1 is 1.25 bits per heavy atom. The Balaban J connectivity index is 2.15. The average Bonchev–Trinajstić information content (AvgIpc) is 2.46. The van der Waals surface area contributed by atoms with E-state index in [0.717, 1.165) is 27.0 Å². The van der Waals surface area contributed by atoms with Gasteiger partial charge in [0.2, 0.25) is 0 Å². The maximum atomic E-state index is 7.51. The Hall–Kier alpha value is -1.81. The molecule has 20 heavy (non-hydrogen) atoms. The summed E-state index contributed by atoms with van der Waals surface area (Å²) in [7, 11) is 1.66. The monoisotopic (exact) mass is 332 g/mol. The van der Waals surface area contributed by atoms with Crippen LogP contribution in [0.15, 0.2) is 40.9 Å². The largest absolute Gasteiger partial charge is 0.497 e. The van der Waals surface area contributed by atoms with E-state index in [-0.39, 0.29) is 0 Å². The summed E-state index contributed by atoms with van der Waals surface area (Å²) >= 11 is 3.45. The van der Waals surface area contributed by atoms with Gasteiger partial charge in [-0.1, -0.05) is 28.1 Å². The van der Waals surface area contributed by atoms with Crippen LogP contribution in [-0.2, 0) is 6.54 Å². The quantitative estimate of drug-likeness (QED) is 0.798. The molecule has 0 aliphatic rings. The summed E-state index contributed by atoms with van der Waals surface area (Å²) in [5.41, 5.74) is 4.17. The highest BCUT2D eigenvalue weighted by Gasteiger charge is 2.05. The second kappa shape index (κ2) is 6.57. The fourth-order valence-electron chi connectivity index (χ4n) is 2.06. The summed E-state index contributed by atoms with van der Waals surface area (Å²) in [5, 5.41) is 10.9. The summed E-state index contributed by atoms with van der Waals surface area (Å²) in [4.78, 5) is 0. The molecule has 104 valence electrons. The summed E-state index contributed by atoms with van der Waals surface area (Å²) in [6.45, 7) is 2.75. The van der Waals surface area contributed by atoms with Crippen molar-refractivity contribution in [3.63, 3.8) is 0 Å². The smallest absolute Gasteiger partial charge is 0.118 e. The summed E-state index contributed by atoms with van der Waals surface area (Å²) in [5.74, 6) is 0.855. The topological polar surface area (TPSA) is 45.1 Å². The molecule has 0 atom stereocenters. The van der Waals surface area contributed by atoms with Crippen molar-refractivity contribution in [1.82, 2.24) is 0 Å². The number of aryl methyl sites for hydroxylation is 1. The Kier molecular flexibility index (Phi) is 4.79. The lowest BCUT2D eigenvalue weighted by molar-refractivity contribution is 0.414. The molecule has 0 fully saturated rings. The number of nitrogens with one attached hydrogen (secondary N) is 2. The lowest BCUT2D eigenvalue weighted by Gasteiger charge is -2.13. The molecule has 0 aliphatic heterocycles. The zero-order chi connectivity index (χ0) is 14.5. The van der Waals surface area contributed by atoms with Crippen molar-refractivity contribution in [2.24, 2.45) is 0 Å². The van der Waals surface area contributed by atoms with Gasteiger partial charge in [-0.05, 0) is 42.3 Å². The second-order valence-corrected chi connectivity index (χ2v) is 5.45. The van der Waals surface area contributed by atoms with Crippen LogP contribution in [0, 0.1) is 12.3 Å². The van der Waals surface area contributed by atoms with Gasteiger partial charge >= 0.3 is 0 Å². The minimum absolute atomic E-state index is 0.716. The number of hydrogen-bond acceptors (Lipinski definition) is 3. The molecule has 0 saturated heterocycles. The molecule has 3 nitrogen and oxygen atoms in total. The van der Waals surface area contributed by atoms with Gasteiger partial charge in [-0.3, -0.25) is 0 Å². The van der Waals surface area contributed by atoms with Crippen molar-refractivity contribution in [3.05, 3.63) is 57.6 Å². The molecular weight excluding hydrogens is 316 g/mol. The summed E-state index contributed by atoms with van der Waals surface area (Å²) in [6.07, 6.45) is 1.37. The SMILES string of the molecule is COc1ccc(CNc2c(C)cc(Br)cc2C=N)cc1. The first kappa shape index (κ1) is 14.6. The molecular formula is C16H17BrN2O. The van der Waals surface area contributed by atoms with Gasteiger partial charge in [-0.15, -0.1) is 0 Å². The first-order valence-corrected chi connectivity index (χ1v) is 7.10. The average molecular weight is 333 g/mol. The maximum absolute atomic E-state index is 7.51. The molecule has 0 unspecified atom stereocenters. The number of methoxy groups -OCH3 is 1. The minimum atomic E-state index is 0.716. The standard InChI is InChI=1S/C16H17BrN2O/c1-11-7-14(17)8-13(9-18)16(11)19-10-12-3-5-15(20-2)6-4-12/h3-9,18-19H,10H2,1-2H3. The number of anilines is 1. The van der Waals surface area contributed by atoms with E-state index in [1.54, 1.807) is 7.11 Å². The van der Waals surface area contributed by atoms with Gasteiger partial charge in [-0.2, -0.15) is 0 Å². The van der Waals surface area contributed by atoms with Crippen molar-refractivity contribution in [1.29, 1.82) is 5.41 Å². The number of halogens is 1. The molecule has 0 aliphatic carbocycles. The Bertz CT molecular complexity index is 609. The van der Waals surface area contributed by atoms with Gasteiger partial charge in [0.15, 0.2) is 0 Å². The van der Waals surface area contributed by atoms with E-state index in [4.69, 9.17) is 10.1 Å². The van der Waals surface area contributed by atoms with E-state index in [1.165, 1.54) is 11.8 Å². The second-order valence-electron chi connectivity index (χ2n) is 4.53. The third-order valence-electron chi connectivity index (χ3n) is 3.11. The number of rotatable bonds is 5. The lowest BCUT2D eigenvalue weighted by Crippen LogP contribution is -2.04. The molecule has 2 N–H and O–H groups in total. The van der Waals surface area contributed by atoms with Gasteiger partial charge in [0.1, 0.15) is 5.75 Å². The summed E-state index contributed by atoms with van der Waals surface area (Å²) < 4.78 is 6.13. The van der Waals surface area contributed by atoms with E-state index in [0.29, 0.717) is 6.54 Å². The van der Waals surface area contributed by atoms with Crippen LogP contribution in [0.4, 0.5) is 5.69 Å². The molecule has 0 heterocycles. The van der Waals surface area contributed by atoms with Crippen LogP contribution in [0.2, 0.25) is 0 Å². The van der Waals surface area contributed by atoms with E-state index in [9.17, 15) is 0 Å². The third-order valence-corrected chi connectivity index (χ3v) is 3.57. The molecule has 2 rings (SSSR count). The van der Waals surface area contributed by atoms with E-state index >= 15 is 0 Å². The number of hydrogen-bond donors (Lipinski definition) is 2. The van der Waals surface area contributed by atoms with Crippen LogP contribution < -0.4 is 10.1 Å². The van der Waals surface area contributed by atoms with E-state index in [1.807, 2.05) is 43.3 Å². The van der Waals surface area contributed by atoms with Gasteiger partial charge in [0.25, 0.3) is 0 Å². The highest BCUT2D eigenvalue weighted by atomic mass is 79.9. The van der Waals surface area contributed by atoms with Crippen molar-refractivity contribution in [2.45, 2.75) is 13.5 Å². The maximum Gasteiger partial charge on any atom is 0.118 e. The molecule has 0 bridgehead atoms. The van der Waals surface area contributed by atoms with Crippen LogP contribution in [0.1, 0.15) is 16.7 Å². The van der Waals surface area contributed by atoms with Gasteiger partial charge < -0.3 is 15.5 Å². The summed E-state index contributed by atoms with van der Waals surface area (Å²) in [6, 6.07) is 11.9. The van der Waals surface area contributed by atoms with Crippen molar-refractivity contribution < 1.29 is 4.74 Å². The molecule has 4 heteroatoms. The zero-order valence-corrected chi connectivity index (χ0v) is 13.1. The Labute approximate surface area is 127 Å². The highest BCUT2D eigenvalue weighted by Crippen LogP contribution is 2.25. The lowest BCUT2D eigenvalue weighted by atomic mass is 10.1. The molecule has 0 radical (unpaired) electrons. The Morgan fingerprint density at radius 3 is 2.55 bits per heavy atom. The first-order chi connectivity index (χ1) is 9.63. The number of benzene rings is 2. The zero-order valence-electron chi connectivity index (χ0n) is 11.5. The van der Waals surface area contributed by atoms with Crippen LogP contribution >= 0.6 is 15.9 Å². The van der Waals surface area contributed by atoms with Crippen LogP contribution in [0.5, 0.6) is 5.75 Å². The predicted molar refractivity (Wildman–Crippen MR) is 87.1 cm³/mol. The predicted octanol–water partition coefficient (Wildman–Crippen LogP) is 4.38. The number of ether oxygens (including phenoxy) is 1. The third kappa shape index (κ3) is 3.39. The molecule has 2 aromatic carbocycles. The Morgan fingerprint density at radius 2 is 1.95 bits per heavy atom. The first-order valence-electron chi connectivity index (χ1n) is 6.31. The molecule has 0 aromatic heterocycles. The molecule has 2 aromatic rings. The van der Waals surface area contributed by atoms with Crippen molar-refractivity contribution >= 4 is 27.8 Å². The van der Waals surface area contributed by atoms with Gasteiger partial charge in [0.05, 0.1) is 7.11 Å². The van der Waals surface area contributed by atoms with Crippen LogP contribution in [-0.4, -0.2) is 13.3 Å². The fourth-order valence-corrected chi connectivity index (χ4v) is 2.65. The minimum Gasteiger partial charge on any atom is -0.497 e. The highest BCUT2D eigenvalue weighted by molar-refractivity contribution is 9.10. The van der Waals surface area contributed by atoms with Crippen LogP contribution in [0.3, 0.4) is 0 Å². The molecule has 0 saturated carbocycles. The molecule has 0 spiro atoms. The molecule has 0 amide bonds. The normalized spacial score (nSPS) is 10.2. The van der Waals surface area contributed by atoms with Crippen molar-refractivity contribution in [3.8, 4) is 5.75 Å². The fraction of sp³-hybridized carbons (Fsp3) is 0.188. The van der Waals surface area contributed by atoms with Crippen molar-refractivity contribution in [2.75, 3.05) is 12.4 Å². The van der Waals surface area contributed by atoms with Gasteiger partial charge in [0, 0.05) is 28.5 Å². The van der Waals surface area contributed by atoms with Crippen LogP contribution in [0.25, 0.3) is 0 Å². The van der Waals surface area contributed by atoms with E-state index in [2.05, 4.69) is 21.2 Å². The van der Waals surface area contributed by atoms with Gasteiger partial charge in [-0.25, -0.2) is 0 Å².